The Labute approximate surface area is 185 Å². The molecule has 0 saturated carbocycles. The van der Waals surface area contributed by atoms with Crippen molar-refractivity contribution < 1.29 is 9.59 Å². The minimum absolute atomic E-state index is 0.0904. The third-order valence-corrected chi connectivity index (χ3v) is 5.77. The van der Waals surface area contributed by atoms with Crippen LogP contribution in [0.15, 0.2) is 42.5 Å². The number of anilines is 3. The molecular formula is C25H34N4O2. The number of urea groups is 1. The van der Waals surface area contributed by atoms with Crippen LogP contribution >= 0.6 is 0 Å². The smallest absolute Gasteiger partial charge is 0.323 e. The molecule has 2 aromatic rings. The second kappa shape index (κ2) is 10.3. The highest BCUT2D eigenvalue weighted by atomic mass is 16.2. The van der Waals surface area contributed by atoms with Gasteiger partial charge in [0.15, 0.2) is 0 Å². The maximum absolute atomic E-state index is 12.9. The van der Waals surface area contributed by atoms with Crippen LogP contribution in [-0.2, 0) is 0 Å². The lowest BCUT2D eigenvalue weighted by molar-refractivity contribution is 0.0939. The number of rotatable bonds is 7. The maximum Gasteiger partial charge on any atom is 0.323 e. The number of carbonyl (C=O) groups is 2. The van der Waals surface area contributed by atoms with Crippen LogP contribution in [0.2, 0.25) is 0 Å². The number of benzene rings is 2. The zero-order valence-corrected chi connectivity index (χ0v) is 19.0. The van der Waals surface area contributed by atoms with Gasteiger partial charge in [-0.2, -0.15) is 0 Å². The van der Waals surface area contributed by atoms with E-state index in [9.17, 15) is 9.59 Å². The molecule has 31 heavy (non-hydrogen) atoms. The van der Waals surface area contributed by atoms with Crippen LogP contribution < -0.4 is 20.9 Å². The van der Waals surface area contributed by atoms with E-state index >= 15 is 0 Å². The Morgan fingerprint density at radius 1 is 0.935 bits per heavy atom. The van der Waals surface area contributed by atoms with Crippen molar-refractivity contribution in [3.05, 3.63) is 53.6 Å². The van der Waals surface area contributed by atoms with Crippen molar-refractivity contribution in [2.24, 2.45) is 0 Å². The fourth-order valence-electron chi connectivity index (χ4n) is 3.68. The van der Waals surface area contributed by atoms with Crippen molar-refractivity contribution in [1.29, 1.82) is 0 Å². The van der Waals surface area contributed by atoms with Gasteiger partial charge in [-0.15, -0.1) is 0 Å². The summed E-state index contributed by atoms with van der Waals surface area (Å²) in [7, 11) is 0. The van der Waals surface area contributed by atoms with E-state index in [0.717, 1.165) is 43.7 Å². The molecule has 166 valence electrons. The van der Waals surface area contributed by atoms with Gasteiger partial charge in [0.05, 0.1) is 5.56 Å². The second-order valence-corrected chi connectivity index (χ2v) is 8.56. The van der Waals surface area contributed by atoms with Crippen molar-refractivity contribution in [1.82, 2.24) is 5.32 Å². The Morgan fingerprint density at radius 3 is 2.16 bits per heavy atom. The molecule has 1 aliphatic heterocycles. The molecule has 1 unspecified atom stereocenters. The minimum Gasteiger partial charge on any atom is -0.371 e. The third-order valence-electron chi connectivity index (χ3n) is 5.77. The monoisotopic (exact) mass is 422 g/mol. The number of nitrogens with zero attached hydrogens (tertiary/aromatic N) is 1. The van der Waals surface area contributed by atoms with Gasteiger partial charge >= 0.3 is 6.03 Å². The predicted molar refractivity (Wildman–Crippen MR) is 128 cm³/mol. The first-order valence-corrected chi connectivity index (χ1v) is 11.2. The first-order valence-electron chi connectivity index (χ1n) is 11.2. The quantitative estimate of drug-likeness (QED) is 0.545. The Kier molecular flexibility index (Phi) is 7.55. The summed E-state index contributed by atoms with van der Waals surface area (Å²) in [5.41, 5.74) is 4.06. The van der Waals surface area contributed by atoms with Crippen LogP contribution in [0.5, 0.6) is 0 Å². The molecule has 6 nitrogen and oxygen atoms in total. The van der Waals surface area contributed by atoms with Crippen molar-refractivity contribution in [3.8, 4) is 0 Å². The molecule has 2 aromatic carbocycles. The summed E-state index contributed by atoms with van der Waals surface area (Å²) in [6.07, 6.45) is 3.12. The van der Waals surface area contributed by atoms with Crippen LogP contribution in [0, 0.1) is 0 Å². The predicted octanol–water partition coefficient (Wildman–Crippen LogP) is 5.58. The molecule has 1 aliphatic rings. The standard InChI is InChI=1S/C25H34N4O2/c1-5-18(4)26-24(30)22-16-21(12-13-23(22)29-14-6-7-15-29)28-25(31)27-20-10-8-19(9-11-20)17(2)3/h8-13,16-18H,5-7,14-15H2,1-4H3,(H,26,30)(H2,27,28,31). The number of hydrogen-bond acceptors (Lipinski definition) is 3. The summed E-state index contributed by atoms with van der Waals surface area (Å²) < 4.78 is 0. The lowest BCUT2D eigenvalue weighted by atomic mass is 10.0. The van der Waals surface area contributed by atoms with Crippen molar-refractivity contribution in [2.45, 2.75) is 58.9 Å². The molecule has 0 aromatic heterocycles. The van der Waals surface area contributed by atoms with E-state index in [4.69, 9.17) is 0 Å². The van der Waals surface area contributed by atoms with Gasteiger partial charge in [0, 0.05) is 36.2 Å². The molecule has 1 heterocycles. The summed E-state index contributed by atoms with van der Waals surface area (Å²) in [6.45, 7) is 10.2. The highest BCUT2D eigenvalue weighted by Gasteiger charge is 2.21. The molecule has 0 bridgehead atoms. The fraction of sp³-hybridized carbons (Fsp3) is 0.440. The number of hydrogen-bond donors (Lipinski definition) is 3. The van der Waals surface area contributed by atoms with E-state index in [1.165, 1.54) is 5.56 Å². The molecule has 1 saturated heterocycles. The topological polar surface area (TPSA) is 73.5 Å². The molecule has 1 fully saturated rings. The summed E-state index contributed by atoms with van der Waals surface area (Å²) >= 11 is 0. The van der Waals surface area contributed by atoms with Crippen molar-refractivity contribution >= 4 is 29.0 Å². The lowest BCUT2D eigenvalue weighted by Crippen LogP contribution is -2.33. The Bertz CT molecular complexity index is 902. The Hall–Kier alpha value is -3.02. The molecule has 0 radical (unpaired) electrons. The van der Waals surface area contributed by atoms with Crippen molar-refractivity contribution in [2.75, 3.05) is 28.6 Å². The number of nitrogens with one attached hydrogen (secondary N) is 3. The van der Waals surface area contributed by atoms with Gasteiger partial charge in [0.2, 0.25) is 0 Å². The average Bonchev–Trinajstić information content (AvgIpc) is 3.28. The third kappa shape index (κ3) is 6.00. The first-order chi connectivity index (χ1) is 14.9. The Balaban J connectivity index is 1.75. The molecule has 3 amide bonds. The Morgan fingerprint density at radius 2 is 1.55 bits per heavy atom. The second-order valence-electron chi connectivity index (χ2n) is 8.56. The summed E-state index contributed by atoms with van der Waals surface area (Å²) in [6, 6.07) is 13.1. The maximum atomic E-state index is 12.9. The van der Waals surface area contributed by atoms with Gasteiger partial charge in [0.25, 0.3) is 5.91 Å². The largest absolute Gasteiger partial charge is 0.371 e. The van der Waals surface area contributed by atoms with Crippen LogP contribution in [0.25, 0.3) is 0 Å². The molecule has 0 spiro atoms. The van der Waals surface area contributed by atoms with Gasteiger partial charge < -0.3 is 20.9 Å². The van der Waals surface area contributed by atoms with E-state index in [1.54, 1.807) is 6.07 Å². The number of amides is 3. The minimum atomic E-state index is -0.334. The number of carbonyl (C=O) groups excluding carboxylic acids is 2. The molecular weight excluding hydrogens is 388 g/mol. The summed E-state index contributed by atoms with van der Waals surface area (Å²) in [4.78, 5) is 27.7. The van der Waals surface area contributed by atoms with E-state index in [0.29, 0.717) is 17.2 Å². The van der Waals surface area contributed by atoms with Crippen molar-refractivity contribution in [3.63, 3.8) is 0 Å². The van der Waals surface area contributed by atoms with Crippen LogP contribution in [-0.4, -0.2) is 31.1 Å². The highest BCUT2D eigenvalue weighted by Crippen LogP contribution is 2.28. The average molecular weight is 423 g/mol. The lowest BCUT2D eigenvalue weighted by Gasteiger charge is -2.23. The molecule has 3 rings (SSSR count). The van der Waals surface area contributed by atoms with E-state index in [2.05, 4.69) is 34.7 Å². The van der Waals surface area contributed by atoms with Crippen LogP contribution in [0.1, 0.15) is 68.8 Å². The van der Waals surface area contributed by atoms with Gasteiger partial charge in [0.1, 0.15) is 0 Å². The summed E-state index contributed by atoms with van der Waals surface area (Å²) in [5, 5.41) is 8.77. The summed E-state index contributed by atoms with van der Waals surface area (Å²) in [5.74, 6) is 0.335. The van der Waals surface area contributed by atoms with Gasteiger partial charge in [-0.3, -0.25) is 4.79 Å². The van der Waals surface area contributed by atoms with E-state index in [1.807, 2.05) is 50.2 Å². The fourth-order valence-corrected chi connectivity index (χ4v) is 3.68. The SMILES string of the molecule is CCC(C)NC(=O)c1cc(NC(=O)Nc2ccc(C(C)C)cc2)ccc1N1CCCC1. The molecule has 1 atom stereocenters. The molecule has 0 aliphatic carbocycles. The first kappa shape index (κ1) is 22.7. The zero-order chi connectivity index (χ0) is 22.4. The van der Waals surface area contributed by atoms with E-state index < -0.39 is 0 Å². The normalized spacial score (nSPS) is 14.4. The highest BCUT2D eigenvalue weighted by molar-refractivity contribution is 6.04. The van der Waals surface area contributed by atoms with Crippen LogP contribution in [0.3, 0.4) is 0 Å². The van der Waals surface area contributed by atoms with Gasteiger partial charge in [-0.25, -0.2) is 4.79 Å². The van der Waals surface area contributed by atoms with Gasteiger partial charge in [-0.1, -0.05) is 32.9 Å². The van der Waals surface area contributed by atoms with E-state index in [-0.39, 0.29) is 18.0 Å². The molecule has 3 N–H and O–H groups in total. The van der Waals surface area contributed by atoms with Gasteiger partial charge in [-0.05, 0) is 68.0 Å². The zero-order valence-electron chi connectivity index (χ0n) is 19.0. The van der Waals surface area contributed by atoms with Crippen LogP contribution in [0.4, 0.5) is 21.9 Å². The molecule has 6 heteroatoms.